The molecule has 0 aliphatic heterocycles. The first-order valence-electron chi connectivity index (χ1n) is 8.21. The molecule has 0 heterocycles. The van der Waals surface area contributed by atoms with Gasteiger partial charge < -0.3 is 10.6 Å². The Bertz CT molecular complexity index is 896. The van der Waals surface area contributed by atoms with E-state index in [1.54, 1.807) is 25.1 Å². The van der Waals surface area contributed by atoms with E-state index in [1.165, 1.54) is 0 Å². The van der Waals surface area contributed by atoms with Crippen LogP contribution in [0.4, 0.5) is 11.4 Å². The van der Waals surface area contributed by atoms with Crippen molar-refractivity contribution in [1.82, 2.24) is 0 Å². The van der Waals surface area contributed by atoms with Crippen molar-refractivity contribution in [2.24, 2.45) is 0 Å². The lowest BCUT2D eigenvalue weighted by atomic mass is 10.1. The molecular formula is C21H18Cl2N2O. The summed E-state index contributed by atoms with van der Waals surface area (Å²) in [5.41, 5.74) is 3.64. The van der Waals surface area contributed by atoms with Gasteiger partial charge in [-0.25, -0.2) is 0 Å². The van der Waals surface area contributed by atoms with Crippen molar-refractivity contribution in [2.45, 2.75) is 13.0 Å². The van der Waals surface area contributed by atoms with Crippen LogP contribution < -0.4 is 10.6 Å². The predicted molar refractivity (Wildman–Crippen MR) is 110 cm³/mol. The maximum absolute atomic E-state index is 12.4. The minimum Gasteiger partial charge on any atom is -0.374 e. The van der Waals surface area contributed by atoms with Gasteiger partial charge in [0.1, 0.15) is 6.04 Å². The van der Waals surface area contributed by atoms with Crippen LogP contribution in [0.5, 0.6) is 0 Å². The second kappa shape index (κ2) is 8.26. The van der Waals surface area contributed by atoms with Gasteiger partial charge in [-0.05, 0) is 48.4 Å². The standard InChI is InChI=1S/C21H18Cl2N2O/c1-14(21(26)25-20-13-17(22)9-12-19(20)23)24-18-10-7-16(8-11-18)15-5-3-2-4-6-15/h2-14,24H,1H3,(H,25,26)/t14-/m1/s1. The van der Waals surface area contributed by atoms with Gasteiger partial charge in [0.25, 0.3) is 0 Å². The quantitative estimate of drug-likeness (QED) is 0.557. The largest absolute Gasteiger partial charge is 0.374 e. The second-order valence-corrected chi connectivity index (χ2v) is 6.77. The number of rotatable bonds is 5. The van der Waals surface area contributed by atoms with Gasteiger partial charge in [-0.15, -0.1) is 0 Å². The van der Waals surface area contributed by atoms with Crippen molar-refractivity contribution in [2.75, 3.05) is 10.6 Å². The SMILES string of the molecule is C[C@@H](Nc1ccc(-c2ccccc2)cc1)C(=O)Nc1cc(Cl)ccc1Cl. The lowest BCUT2D eigenvalue weighted by molar-refractivity contribution is -0.116. The maximum atomic E-state index is 12.4. The number of hydrogen-bond acceptors (Lipinski definition) is 2. The van der Waals surface area contributed by atoms with E-state index in [9.17, 15) is 4.79 Å². The van der Waals surface area contributed by atoms with Crippen molar-refractivity contribution in [3.8, 4) is 11.1 Å². The Kier molecular flexibility index (Phi) is 5.82. The molecule has 3 rings (SSSR count). The molecule has 0 aliphatic rings. The molecule has 3 aromatic carbocycles. The molecule has 3 nitrogen and oxygen atoms in total. The number of hydrogen-bond donors (Lipinski definition) is 2. The highest BCUT2D eigenvalue weighted by Gasteiger charge is 2.14. The summed E-state index contributed by atoms with van der Waals surface area (Å²) < 4.78 is 0. The van der Waals surface area contributed by atoms with E-state index in [2.05, 4.69) is 22.8 Å². The number of anilines is 2. The average molecular weight is 385 g/mol. The molecule has 0 aliphatic carbocycles. The third kappa shape index (κ3) is 4.57. The Morgan fingerprint density at radius 2 is 1.54 bits per heavy atom. The zero-order chi connectivity index (χ0) is 18.5. The van der Waals surface area contributed by atoms with E-state index < -0.39 is 6.04 Å². The number of benzene rings is 3. The zero-order valence-corrected chi connectivity index (χ0v) is 15.7. The Labute approximate surface area is 163 Å². The van der Waals surface area contributed by atoms with Crippen LogP contribution in [0.3, 0.4) is 0 Å². The van der Waals surface area contributed by atoms with Gasteiger partial charge in [-0.1, -0.05) is 65.7 Å². The highest BCUT2D eigenvalue weighted by Crippen LogP contribution is 2.26. The van der Waals surface area contributed by atoms with E-state index in [0.717, 1.165) is 16.8 Å². The average Bonchev–Trinajstić information content (AvgIpc) is 2.66. The molecule has 0 saturated heterocycles. The minimum absolute atomic E-state index is 0.193. The molecule has 0 spiro atoms. The van der Waals surface area contributed by atoms with Crippen LogP contribution in [0.25, 0.3) is 11.1 Å². The molecule has 1 amide bonds. The molecule has 3 aromatic rings. The van der Waals surface area contributed by atoms with Gasteiger partial charge in [0, 0.05) is 10.7 Å². The first-order chi connectivity index (χ1) is 12.5. The summed E-state index contributed by atoms with van der Waals surface area (Å²) in [7, 11) is 0. The second-order valence-electron chi connectivity index (χ2n) is 5.92. The first-order valence-corrected chi connectivity index (χ1v) is 8.96. The molecule has 0 bridgehead atoms. The normalized spacial score (nSPS) is 11.7. The van der Waals surface area contributed by atoms with E-state index in [-0.39, 0.29) is 5.91 Å². The number of carbonyl (C=O) groups excluding carboxylic acids is 1. The number of amides is 1. The van der Waals surface area contributed by atoms with Gasteiger partial charge in [-0.3, -0.25) is 4.79 Å². The summed E-state index contributed by atoms with van der Waals surface area (Å²) in [6.07, 6.45) is 0. The summed E-state index contributed by atoms with van der Waals surface area (Å²) in [5, 5.41) is 6.94. The molecule has 0 aromatic heterocycles. The van der Waals surface area contributed by atoms with Crippen LogP contribution in [0.1, 0.15) is 6.92 Å². The minimum atomic E-state index is -0.437. The molecule has 5 heteroatoms. The van der Waals surface area contributed by atoms with E-state index in [4.69, 9.17) is 23.2 Å². The fourth-order valence-electron chi connectivity index (χ4n) is 2.54. The number of halogens is 2. The third-order valence-electron chi connectivity index (χ3n) is 3.95. The highest BCUT2D eigenvalue weighted by atomic mass is 35.5. The van der Waals surface area contributed by atoms with Gasteiger partial charge in [-0.2, -0.15) is 0 Å². The molecule has 0 radical (unpaired) electrons. The molecule has 0 saturated carbocycles. The van der Waals surface area contributed by atoms with Crippen LogP contribution in [-0.2, 0) is 4.79 Å². The Morgan fingerprint density at radius 1 is 0.885 bits per heavy atom. The van der Waals surface area contributed by atoms with Crippen molar-refractivity contribution in [1.29, 1.82) is 0 Å². The van der Waals surface area contributed by atoms with Crippen molar-refractivity contribution in [3.63, 3.8) is 0 Å². The van der Waals surface area contributed by atoms with Crippen LogP contribution >= 0.6 is 23.2 Å². The smallest absolute Gasteiger partial charge is 0.246 e. The van der Waals surface area contributed by atoms with Gasteiger partial charge in [0.2, 0.25) is 5.91 Å². The molecular weight excluding hydrogens is 367 g/mol. The molecule has 1 atom stereocenters. The zero-order valence-electron chi connectivity index (χ0n) is 14.2. The number of carbonyl (C=O) groups is 1. The van der Waals surface area contributed by atoms with E-state index >= 15 is 0 Å². The molecule has 0 unspecified atom stereocenters. The van der Waals surface area contributed by atoms with Crippen molar-refractivity contribution < 1.29 is 4.79 Å². The fourth-order valence-corrected chi connectivity index (χ4v) is 2.88. The highest BCUT2D eigenvalue weighted by molar-refractivity contribution is 6.35. The van der Waals surface area contributed by atoms with E-state index in [0.29, 0.717) is 15.7 Å². The van der Waals surface area contributed by atoms with Gasteiger partial charge >= 0.3 is 0 Å². The van der Waals surface area contributed by atoms with Crippen LogP contribution in [0.15, 0.2) is 72.8 Å². The first kappa shape index (κ1) is 18.3. The summed E-state index contributed by atoms with van der Waals surface area (Å²) in [6.45, 7) is 1.79. The Hall–Kier alpha value is -2.49. The maximum Gasteiger partial charge on any atom is 0.246 e. The molecule has 26 heavy (non-hydrogen) atoms. The Balaban J connectivity index is 1.64. The summed E-state index contributed by atoms with van der Waals surface area (Å²) in [4.78, 5) is 12.4. The third-order valence-corrected chi connectivity index (χ3v) is 4.52. The van der Waals surface area contributed by atoms with Crippen LogP contribution in [-0.4, -0.2) is 11.9 Å². The molecule has 2 N–H and O–H groups in total. The van der Waals surface area contributed by atoms with E-state index in [1.807, 2.05) is 42.5 Å². The lowest BCUT2D eigenvalue weighted by Gasteiger charge is -2.16. The Morgan fingerprint density at radius 3 is 2.23 bits per heavy atom. The predicted octanol–water partition coefficient (Wildman–Crippen LogP) is 6.10. The van der Waals surface area contributed by atoms with Crippen LogP contribution in [0, 0.1) is 0 Å². The van der Waals surface area contributed by atoms with Crippen molar-refractivity contribution in [3.05, 3.63) is 82.8 Å². The summed E-state index contributed by atoms with van der Waals surface area (Å²) >= 11 is 12.0. The fraction of sp³-hybridized carbons (Fsp3) is 0.0952. The monoisotopic (exact) mass is 384 g/mol. The lowest BCUT2D eigenvalue weighted by Crippen LogP contribution is -2.31. The van der Waals surface area contributed by atoms with Gasteiger partial charge in [0.05, 0.1) is 10.7 Å². The number of nitrogens with one attached hydrogen (secondary N) is 2. The van der Waals surface area contributed by atoms with Crippen molar-refractivity contribution >= 4 is 40.5 Å². The molecule has 0 fully saturated rings. The topological polar surface area (TPSA) is 41.1 Å². The molecule has 132 valence electrons. The van der Waals surface area contributed by atoms with Gasteiger partial charge in [0.15, 0.2) is 0 Å². The summed E-state index contributed by atoms with van der Waals surface area (Å²) in [6, 6.07) is 22.6. The summed E-state index contributed by atoms with van der Waals surface area (Å²) in [5.74, 6) is -0.193. The van der Waals surface area contributed by atoms with Crippen LogP contribution in [0.2, 0.25) is 10.0 Å².